The molecule has 1 heterocycles. The Kier molecular flexibility index (Phi) is 2.00. The summed E-state index contributed by atoms with van der Waals surface area (Å²) < 4.78 is 5.60. The van der Waals surface area contributed by atoms with Crippen LogP contribution >= 0.6 is 0 Å². The van der Waals surface area contributed by atoms with Gasteiger partial charge in [0.15, 0.2) is 0 Å². The van der Waals surface area contributed by atoms with Crippen LogP contribution < -0.4 is 4.74 Å². The fraction of sp³-hybridized carbons (Fsp3) is 0.455. The highest BCUT2D eigenvalue weighted by Gasteiger charge is 2.23. The maximum absolute atomic E-state index is 9.78. The van der Waals surface area contributed by atoms with Gasteiger partial charge in [0.1, 0.15) is 5.75 Å². The molecule has 0 amide bonds. The Morgan fingerprint density at radius 2 is 2.23 bits per heavy atom. The van der Waals surface area contributed by atoms with E-state index in [4.69, 9.17) is 4.74 Å². The zero-order valence-corrected chi connectivity index (χ0v) is 7.95. The fourth-order valence-corrected chi connectivity index (χ4v) is 1.74. The van der Waals surface area contributed by atoms with Crippen LogP contribution in [0.2, 0.25) is 0 Å². The van der Waals surface area contributed by atoms with E-state index in [1.165, 1.54) is 0 Å². The van der Waals surface area contributed by atoms with Crippen molar-refractivity contribution < 1.29 is 9.84 Å². The van der Waals surface area contributed by atoms with Gasteiger partial charge in [-0.15, -0.1) is 0 Å². The average molecular weight is 178 g/mol. The number of benzene rings is 1. The first-order valence-corrected chi connectivity index (χ1v) is 4.62. The molecule has 0 fully saturated rings. The minimum atomic E-state index is -0.362. The molecule has 1 N–H and O–H groups in total. The zero-order valence-electron chi connectivity index (χ0n) is 7.95. The van der Waals surface area contributed by atoms with E-state index in [1.54, 1.807) is 0 Å². The largest absolute Gasteiger partial charge is 0.490 e. The van der Waals surface area contributed by atoms with E-state index in [0.29, 0.717) is 6.42 Å². The summed E-state index contributed by atoms with van der Waals surface area (Å²) in [5.41, 5.74) is 2.09. The van der Waals surface area contributed by atoms with Crippen LogP contribution in [0.5, 0.6) is 5.75 Å². The zero-order chi connectivity index (χ0) is 9.42. The van der Waals surface area contributed by atoms with E-state index in [1.807, 2.05) is 32.0 Å². The van der Waals surface area contributed by atoms with Gasteiger partial charge in [0.05, 0.1) is 12.2 Å². The highest BCUT2D eigenvalue weighted by molar-refractivity contribution is 5.39. The molecule has 0 radical (unpaired) electrons. The standard InChI is InChI=1S/C11H14O2/c1-7-3-4-11-9(5-7)10(12)6-8(2)13-11/h3-5,8,10,12H,6H2,1-2H3/t8-,10+/m1/s1. The van der Waals surface area contributed by atoms with Crippen molar-refractivity contribution in [1.29, 1.82) is 0 Å². The number of aliphatic hydroxyl groups excluding tert-OH is 1. The van der Waals surface area contributed by atoms with E-state index < -0.39 is 0 Å². The molecular weight excluding hydrogens is 164 g/mol. The summed E-state index contributed by atoms with van der Waals surface area (Å²) in [5, 5.41) is 9.78. The van der Waals surface area contributed by atoms with E-state index in [-0.39, 0.29) is 12.2 Å². The monoisotopic (exact) mass is 178 g/mol. The Hall–Kier alpha value is -1.02. The van der Waals surface area contributed by atoms with Gasteiger partial charge in [-0.25, -0.2) is 0 Å². The second-order valence-corrected chi connectivity index (χ2v) is 3.72. The summed E-state index contributed by atoms with van der Waals surface area (Å²) in [6, 6.07) is 5.93. The molecule has 0 aliphatic carbocycles. The second-order valence-electron chi connectivity index (χ2n) is 3.72. The first-order chi connectivity index (χ1) is 6.16. The lowest BCUT2D eigenvalue weighted by atomic mass is 9.98. The van der Waals surface area contributed by atoms with Crippen molar-refractivity contribution >= 4 is 0 Å². The van der Waals surface area contributed by atoms with Crippen LogP contribution in [-0.2, 0) is 0 Å². The highest BCUT2D eigenvalue weighted by Crippen LogP contribution is 2.34. The van der Waals surface area contributed by atoms with E-state index in [9.17, 15) is 5.11 Å². The molecule has 0 saturated heterocycles. The van der Waals surface area contributed by atoms with Crippen LogP contribution in [-0.4, -0.2) is 11.2 Å². The Morgan fingerprint density at radius 3 is 3.00 bits per heavy atom. The molecule has 1 aliphatic heterocycles. The molecule has 1 aromatic carbocycles. The molecule has 0 unspecified atom stereocenters. The Labute approximate surface area is 78.2 Å². The van der Waals surface area contributed by atoms with Crippen LogP contribution in [0.4, 0.5) is 0 Å². The Morgan fingerprint density at radius 1 is 1.46 bits per heavy atom. The molecule has 1 aromatic rings. The highest BCUT2D eigenvalue weighted by atomic mass is 16.5. The molecule has 2 nitrogen and oxygen atoms in total. The smallest absolute Gasteiger partial charge is 0.125 e. The van der Waals surface area contributed by atoms with Crippen LogP contribution in [0.3, 0.4) is 0 Å². The van der Waals surface area contributed by atoms with Crippen molar-refractivity contribution in [2.75, 3.05) is 0 Å². The lowest BCUT2D eigenvalue weighted by Crippen LogP contribution is -2.22. The van der Waals surface area contributed by atoms with E-state index in [0.717, 1.165) is 16.9 Å². The second kappa shape index (κ2) is 3.04. The predicted molar refractivity (Wildman–Crippen MR) is 50.8 cm³/mol. The fourth-order valence-electron chi connectivity index (χ4n) is 1.74. The molecule has 0 saturated carbocycles. The lowest BCUT2D eigenvalue weighted by Gasteiger charge is -2.27. The van der Waals surface area contributed by atoms with Gasteiger partial charge in [0.25, 0.3) is 0 Å². The Bertz CT molecular complexity index is 320. The summed E-state index contributed by atoms with van der Waals surface area (Å²) in [5.74, 6) is 0.830. The number of hydrogen-bond acceptors (Lipinski definition) is 2. The van der Waals surface area contributed by atoms with Crippen LogP contribution in [0.15, 0.2) is 18.2 Å². The molecule has 13 heavy (non-hydrogen) atoms. The molecule has 2 heteroatoms. The number of ether oxygens (including phenoxy) is 1. The van der Waals surface area contributed by atoms with Crippen molar-refractivity contribution in [1.82, 2.24) is 0 Å². The van der Waals surface area contributed by atoms with Gasteiger partial charge in [-0.05, 0) is 26.0 Å². The maximum Gasteiger partial charge on any atom is 0.125 e. The number of fused-ring (bicyclic) bond motifs is 1. The van der Waals surface area contributed by atoms with Gasteiger partial charge < -0.3 is 9.84 Å². The molecule has 1 aliphatic rings. The molecule has 70 valence electrons. The molecule has 0 bridgehead atoms. The average Bonchev–Trinajstić information content (AvgIpc) is 2.06. The van der Waals surface area contributed by atoms with Gasteiger partial charge in [-0.1, -0.05) is 11.6 Å². The molecule has 2 rings (SSSR count). The van der Waals surface area contributed by atoms with Gasteiger partial charge in [0, 0.05) is 12.0 Å². The quantitative estimate of drug-likeness (QED) is 0.660. The third-order valence-corrected chi connectivity index (χ3v) is 2.41. The SMILES string of the molecule is Cc1ccc2c(c1)[C@@H](O)C[C@@H](C)O2. The van der Waals surface area contributed by atoms with Gasteiger partial charge in [-0.3, -0.25) is 0 Å². The van der Waals surface area contributed by atoms with Gasteiger partial charge in [0.2, 0.25) is 0 Å². The first kappa shape index (κ1) is 8.57. The third-order valence-electron chi connectivity index (χ3n) is 2.41. The summed E-state index contributed by atoms with van der Waals surface area (Å²) >= 11 is 0. The summed E-state index contributed by atoms with van der Waals surface area (Å²) in [7, 11) is 0. The van der Waals surface area contributed by atoms with Crippen molar-refractivity contribution in [3.8, 4) is 5.75 Å². The van der Waals surface area contributed by atoms with Crippen molar-refractivity contribution in [2.45, 2.75) is 32.5 Å². The van der Waals surface area contributed by atoms with Crippen LogP contribution in [0.1, 0.15) is 30.6 Å². The van der Waals surface area contributed by atoms with Gasteiger partial charge >= 0.3 is 0 Å². The number of aryl methyl sites for hydroxylation is 1. The maximum atomic E-state index is 9.78. The molecule has 0 spiro atoms. The van der Waals surface area contributed by atoms with E-state index >= 15 is 0 Å². The van der Waals surface area contributed by atoms with Gasteiger partial charge in [-0.2, -0.15) is 0 Å². The summed E-state index contributed by atoms with van der Waals surface area (Å²) in [6.07, 6.45) is 0.444. The molecule has 2 atom stereocenters. The number of rotatable bonds is 0. The normalized spacial score (nSPS) is 26.4. The van der Waals surface area contributed by atoms with Crippen LogP contribution in [0.25, 0.3) is 0 Å². The Balaban J connectivity index is 2.43. The lowest BCUT2D eigenvalue weighted by molar-refractivity contribution is 0.0749. The summed E-state index contributed by atoms with van der Waals surface area (Å²) in [6.45, 7) is 4.00. The van der Waals surface area contributed by atoms with Crippen molar-refractivity contribution in [2.24, 2.45) is 0 Å². The number of hydrogen-bond donors (Lipinski definition) is 1. The summed E-state index contributed by atoms with van der Waals surface area (Å²) in [4.78, 5) is 0. The van der Waals surface area contributed by atoms with Crippen molar-refractivity contribution in [3.05, 3.63) is 29.3 Å². The number of aliphatic hydroxyl groups is 1. The first-order valence-electron chi connectivity index (χ1n) is 4.62. The third kappa shape index (κ3) is 1.54. The van der Waals surface area contributed by atoms with Crippen molar-refractivity contribution in [3.63, 3.8) is 0 Å². The predicted octanol–water partition coefficient (Wildman–Crippen LogP) is 2.20. The minimum absolute atomic E-state index is 0.116. The minimum Gasteiger partial charge on any atom is -0.490 e. The topological polar surface area (TPSA) is 29.5 Å². The molecular formula is C11H14O2. The molecule has 0 aromatic heterocycles. The van der Waals surface area contributed by atoms with E-state index in [2.05, 4.69) is 0 Å². The van der Waals surface area contributed by atoms with Crippen LogP contribution in [0, 0.1) is 6.92 Å².